The Balaban J connectivity index is 2.13. The maximum Gasteiger partial charge on any atom is 0.230 e. The monoisotopic (exact) mass is 278 g/mol. The molecule has 0 saturated carbocycles. The zero-order valence-corrected chi connectivity index (χ0v) is 12.0. The van der Waals surface area contributed by atoms with E-state index >= 15 is 0 Å². The Bertz CT molecular complexity index is 749. The summed E-state index contributed by atoms with van der Waals surface area (Å²) >= 11 is 0. The van der Waals surface area contributed by atoms with Crippen LogP contribution in [0.15, 0.2) is 54.7 Å². The van der Waals surface area contributed by atoms with Crippen LogP contribution in [0.5, 0.6) is 0 Å². The predicted molar refractivity (Wildman–Crippen MR) is 86.6 cm³/mol. The summed E-state index contributed by atoms with van der Waals surface area (Å²) in [6.45, 7) is 3.31. The first-order valence-electron chi connectivity index (χ1n) is 7.10. The number of rotatable bonds is 4. The van der Waals surface area contributed by atoms with E-state index in [2.05, 4.69) is 58.2 Å². The molecule has 2 aromatic carbocycles. The molecule has 0 bridgehead atoms. The van der Waals surface area contributed by atoms with E-state index in [1.54, 1.807) is 6.20 Å². The van der Waals surface area contributed by atoms with Crippen LogP contribution < -0.4 is 10.6 Å². The third-order valence-corrected chi connectivity index (χ3v) is 3.52. The molecular weight excluding hydrogens is 260 g/mol. The van der Waals surface area contributed by atoms with Gasteiger partial charge in [0.2, 0.25) is 5.95 Å². The van der Waals surface area contributed by atoms with Crippen LogP contribution >= 0.6 is 0 Å². The van der Waals surface area contributed by atoms with Gasteiger partial charge in [-0.25, -0.2) is 9.97 Å². The Hall–Kier alpha value is -2.46. The van der Waals surface area contributed by atoms with Crippen LogP contribution in [-0.2, 0) is 6.54 Å². The van der Waals surface area contributed by atoms with E-state index < -0.39 is 0 Å². The standard InChI is InChI=1S/C17H18N4/c1-2-21(17-19-11-10-14(12-18)20-17)16-9-5-7-13-6-3-4-8-15(13)16/h3-11H,2,12,18H2,1H3. The largest absolute Gasteiger partial charge is 0.325 e. The molecule has 0 spiro atoms. The molecule has 0 aliphatic carbocycles. The molecule has 0 saturated heterocycles. The molecule has 21 heavy (non-hydrogen) atoms. The first kappa shape index (κ1) is 13.5. The third-order valence-electron chi connectivity index (χ3n) is 3.52. The molecule has 0 unspecified atom stereocenters. The summed E-state index contributed by atoms with van der Waals surface area (Å²) in [5, 5.41) is 2.41. The average Bonchev–Trinajstić information content (AvgIpc) is 2.56. The second-order valence-electron chi connectivity index (χ2n) is 4.79. The van der Waals surface area contributed by atoms with Crippen LogP contribution in [-0.4, -0.2) is 16.5 Å². The molecule has 3 aromatic rings. The van der Waals surface area contributed by atoms with Gasteiger partial charge < -0.3 is 10.6 Å². The number of hydrogen-bond acceptors (Lipinski definition) is 4. The highest BCUT2D eigenvalue weighted by atomic mass is 15.2. The van der Waals surface area contributed by atoms with Gasteiger partial charge in [-0.3, -0.25) is 0 Å². The van der Waals surface area contributed by atoms with Crippen molar-refractivity contribution >= 4 is 22.4 Å². The molecule has 0 fully saturated rings. The van der Waals surface area contributed by atoms with E-state index in [0.29, 0.717) is 12.5 Å². The van der Waals surface area contributed by atoms with Crippen LogP contribution in [0.3, 0.4) is 0 Å². The van der Waals surface area contributed by atoms with Gasteiger partial charge in [0.05, 0.1) is 11.4 Å². The Morgan fingerprint density at radius 2 is 1.86 bits per heavy atom. The molecule has 4 nitrogen and oxygen atoms in total. The average molecular weight is 278 g/mol. The number of anilines is 2. The summed E-state index contributed by atoms with van der Waals surface area (Å²) in [4.78, 5) is 11.0. The fraction of sp³-hybridized carbons (Fsp3) is 0.176. The number of fused-ring (bicyclic) bond motifs is 1. The number of nitrogens with two attached hydrogens (primary N) is 1. The van der Waals surface area contributed by atoms with E-state index in [4.69, 9.17) is 5.73 Å². The van der Waals surface area contributed by atoms with Gasteiger partial charge in [-0.15, -0.1) is 0 Å². The Morgan fingerprint density at radius 3 is 2.67 bits per heavy atom. The molecule has 0 aliphatic rings. The van der Waals surface area contributed by atoms with Gasteiger partial charge >= 0.3 is 0 Å². The predicted octanol–water partition coefficient (Wildman–Crippen LogP) is 3.25. The first-order chi connectivity index (χ1) is 10.3. The fourth-order valence-electron chi connectivity index (χ4n) is 2.49. The zero-order valence-electron chi connectivity index (χ0n) is 12.0. The van der Waals surface area contributed by atoms with Crippen molar-refractivity contribution in [2.24, 2.45) is 5.73 Å². The molecule has 0 atom stereocenters. The van der Waals surface area contributed by atoms with Crippen molar-refractivity contribution in [1.82, 2.24) is 9.97 Å². The lowest BCUT2D eigenvalue weighted by molar-refractivity contribution is 0.903. The van der Waals surface area contributed by atoms with Crippen LogP contribution in [0.25, 0.3) is 10.8 Å². The molecule has 0 aliphatic heterocycles. The summed E-state index contributed by atoms with van der Waals surface area (Å²) in [5.41, 5.74) is 7.64. The molecule has 0 amide bonds. The highest BCUT2D eigenvalue weighted by Gasteiger charge is 2.13. The van der Waals surface area contributed by atoms with E-state index in [0.717, 1.165) is 17.9 Å². The van der Waals surface area contributed by atoms with Gasteiger partial charge in [-0.1, -0.05) is 36.4 Å². The van der Waals surface area contributed by atoms with Gasteiger partial charge in [0.15, 0.2) is 0 Å². The summed E-state index contributed by atoms with van der Waals surface area (Å²) in [5.74, 6) is 0.691. The van der Waals surface area contributed by atoms with Crippen LogP contribution in [0, 0.1) is 0 Å². The number of aromatic nitrogens is 2. The minimum Gasteiger partial charge on any atom is -0.325 e. The number of hydrogen-bond donors (Lipinski definition) is 1. The van der Waals surface area contributed by atoms with Crippen LogP contribution in [0.1, 0.15) is 12.6 Å². The summed E-state index contributed by atoms with van der Waals surface area (Å²) < 4.78 is 0. The van der Waals surface area contributed by atoms with Crippen molar-refractivity contribution in [2.45, 2.75) is 13.5 Å². The van der Waals surface area contributed by atoms with Crippen molar-refractivity contribution < 1.29 is 0 Å². The van der Waals surface area contributed by atoms with Gasteiger partial charge in [0, 0.05) is 24.7 Å². The van der Waals surface area contributed by atoms with Crippen molar-refractivity contribution in [3.63, 3.8) is 0 Å². The zero-order chi connectivity index (χ0) is 14.7. The van der Waals surface area contributed by atoms with Crippen molar-refractivity contribution in [2.75, 3.05) is 11.4 Å². The molecule has 0 radical (unpaired) electrons. The highest BCUT2D eigenvalue weighted by molar-refractivity contribution is 5.95. The lowest BCUT2D eigenvalue weighted by Gasteiger charge is -2.22. The van der Waals surface area contributed by atoms with Crippen LogP contribution in [0.2, 0.25) is 0 Å². The van der Waals surface area contributed by atoms with E-state index in [9.17, 15) is 0 Å². The smallest absolute Gasteiger partial charge is 0.230 e. The van der Waals surface area contributed by atoms with Crippen molar-refractivity contribution in [1.29, 1.82) is 0 Å². The normalized spacial score (nSPS) is 10.8. The van der Waals surface area contributed by atoms with Gasteiger partial charge in [-0.2, -0.15) is 0 Å². The lowest BCUT2D eigenvalue weighted by Crippen LogP contribution is -2.20. The Morgan fingerprint density at radius 1 is 1.05 bits per heavy atom. The summed E-state index contributed by atoms with van der Waals surface area (Å²) in [7, 11) is 0. The maximum atomic E-state index is 5.68. The first-order valence-corrected chi connectivity index (χ1v) is 7.10. The fourth-order valence-corrected chi connectivity index (χ4v) is 2.49. The minimum absolute atomic E-state index is 0.419. The van der Waals surface area contributed by atoms with Gasteiger partial charge in [0.1, 0.15) is 0 Å². The molecule has 1 heterocycles. The molecule has 106 valence electrons. The maximum absolute atomic E-state index is 5.68. The minimum atomic E-state index is 0.419. The number of benzene rings is 2. The SMILES string of the molecule is CCN(c1nccc(CN)n1)c1cccc2ccccc12. The van der Waals surface area contributed by atoms with Crippen molar-refractivity contribution in [3.8, 4) is 0 Å². The van der Waals surface area contributed by atoms with E-state index in [-0.39, 0.29) is 0 Å². The van der Waals surface area contributed by atoms with Crippen molar-refractivity contribution in [3.05, 3.63) is 60.4 Å². The topological polar surface area (TPSA) is 55.0 Å². The summed E-state index contributed by atoms with van der Waals surface area (Å²) in [6, 6.07) is 16.5. The third kappa shape index (κ3) is 2.58. The van der Waals surface area contributed by atoms with Gasteiger partial charge in [-0.05, 0) is 24.4 Å². The Labute approximate surface area is 124 Å². The van der Waals surface area contributed by atoms with E-state index in [1.165, 1.54) is 10.8 Å². The summed E-state index contributed by atoms with van der Waals surface area (Å²) in [6.07, 6.45) is 1.76. The highest BCUT2D eigenvalue weighted by Crippen LogP contribution is 2.30. The molecule has 2 N–H and O–H groups in total. The molecule has 4 heteroatoms. The van der Waals surface area contributed by atoms with E-state index in [1.807, 2.05) is 12.1 Å². The van der Waals surface area contributed by atoms with Crippen LogP contribution in [0.4, 0.5) is 11.6 Å². The quantitative estimate of drug-likeness (QED) is 0.796. The Kier molecular flexibility index (Phi) is 3.79. The molecule has 3 rings (SSSR count). The second kappa shape index (κ2) is 5.89. The lowest BCUT2D eigenvalue weighted by atomic mass is 10.1. The number of nitrogens with zero attached hydrogens (tertiary/aromatic N) is 3. The molecular formula is C17H18N4. The molecule has 1 aromatic heterocycles. The second-order valence-corrected chi connectivity index (χ2v) is 4.79. The van der Waals surface area contributed by atoms with Gasteiger partial charge in [0.25, 0.3) is 0 Å².